The van der Waals surface area contributed by atoms with Gasteiger partial charge in [0.1, 0.15) is 11.6 Å². The van der Waals surface area contributed by atoms with Crippen LogP contribution >= 0.6 is 0 Å². The molecule has 28 heteroatoms. The molecule has 60 heavy (non-hydrogen) atoms. The number of aromatic nitrogens is 6. The van der Waals surface area contributed by atoms with Gasteiger partial charge in [-0.1, -0.05) is 0 Å². The second kappa shape index (κ2) is 27.3. The van der Waals surface area contributed by atoms with Crippen LogP contribution in [0.1, 0.15) is 73.8 Å². The molecule has 0 unspecified atom stereocenters. The van der Waals surface area contributed by atoms with Gasteiger partial charge in [0.25, 0.3) is 0 Å². The van der Waals surface area contributed by atoms with E-state index in [1.54, 1.807) is 0 Å². The molecule has 5 rings (SSSR count). The van der Waals surface area contributed by atoms with E-state index in [0.717, 1.165) is 48.5 Å². The topological polar surface area (TPSA) is 366 Å². The van der Waals surface area contributed by atoms with Gasteiger partial charge in [0.05, 0.1) is 47.2 Å². The summed E-state index contributed by atoms with van der Waals surface area (Å²) in [6.07, 6.45) is 0. The number of hydrogen-bond donors (Lipinski definition) is 4. The van der Waals surface area contributed by atoms with E-state index < -0.39 is 80.6 Å². The number of aromatic carboxylic acids is 6. The van der Waals surface area contributed by atoms with Crippen molar-refractivity contribution >= 4 is 82.4 Å². The van der Waals surface area contributed by atoms with Crippen molar-refractivity contribution in [1.29, 1.82) is 0 Å². The Morgan fingerprint density at radius 2 is 0.633 bits per heavy atom. The summed E-state index contributed by atoms with van der Waals surface area (Å²) in [5.41, 5.74) is -4.40. The zero-order valence-electron chi connectivity index (χ0n) is 33.2. The van der Waals surface area contributed by atoms with Crippen molar-refractivity contribution < 1.29 is 280 Å². The maximum atomic E-state index is 12.3. The van der Waals surface area contributed by atoms with Crippen molar-refractivity contribution in [3.05, 3.63) is 93.6 Å². The van der Waals surface area contributed by atoms with E-state index in [2.05, 4.69) is 51.2 Å². The van der Waals surface area contributed by atoms with Gasteiger partial charge in [-0.15, -0.1) is 0 Å². The third-order valence-electron chi connectivity index (χ3n) is 6.91. The molecule has 0 saturated carbocycles. The van der Waals surface area contributed by atoms with Crippen LogP contribution in [0.4, 0.5) is 46.5 Å². The van der Waals surface area contributed by atoms with Crippen LogP contribution in [0.2, 0.25) is 0 Å². The molecule has 3 aromatic carbocycles. The number of anilines is 8. The van der Waals surface area contributed by atoms with Gasteiger partial charge in [0.2, 0.25) is 23.8 Å². The Morgan fingerprint density at radius 3 is 0.867 bits per heavy atom. The van der Waals surface area contributed by atoms with E-state index in [4.69, 9.17) is 0 Å². The molecule has 2 heterocycles. The van der Waals surface area contributed by atoms with Crippen LogP contribution in [-0.4, -0.2) is 65.7 Å². The predicted molar refractivity (Wildman–Crippen MR) is 168 cm³/mol. The number of hydrogen-bond acceptors (Lipinski definition) is 22. The molecule has 0 aliphatic carbocycles. The Balaban J connectivity index is 0. The van der Waals surface area contributed by atoms with Crippen LogP contribution in [0.15, 0.2) is 48.5 Å². The van der Waals surface area contributed by atoms with Crippen LogP contribution in [0, 0.1) is 13.8 Å². The molecule has 0 amide bonds. The minimum absolute atomic E-state index is 0. The van der Waals surface area contributed by atoms with Crippen molar-refractivity contribution in [1.82, 2.24) is 29.9 Å². The van der Waals surface area contributed by atoms with Crippen LogP contribution in [0.5, 0.6) is 0 Å². The first-order valence-electron chi connectivity index (χ1n) is 14.8. The molecule has 0 saturated heterocycles. The van der Waals surface area contributed by atoms with Gasteiger partial charge >= 0.3 is 221 Å². The van der Waals surface area contributed by atoms with E-state index in [1.807, 2.05) is 0 Å². The number of aryl methyl sites for hydroxylation is 2. The number of carbonyl (C=O) groups excluding carboxylic acids is 6. The van der Waals surface area contributed by atoms with Crippen molar-refractivity contribution in [2.45, 2.75) is 13.8 Å². The molecule has 5 aromatic rings. The maximum absolute atomic E-state index is 12.3. The number of nitrogens with zero attached hydrogens (tertiary/aromatic N) is 6. The van der Waals surface area contributed by atoms with E-state index in [9.17, 15) is 59.4 Å². The minimum atomic E-state index is -1.81. The molecule has 22 nitrogen and oxygen atoms in total. The predicted octanol–water partition coefficient (Wildman–Crippen LogP) is -22.1. The van der Waals surface area contributed by atoms with Gasteiger partial charge in [0.15, 0.2) is 0 Å². The fourth-order valence-corrected chi connectivity index (χ4v) is 4.70. The minimum Gasteiger partial charge on any atom is -0.545 e. The molecule has 4 N–H and O–H groups in total. The molecule has 0 aliphatic heterocycles. The van der Waals surface area contributed by atoms with E-state index in [0.29, 0.717) is 0 Å². The molecular formula is C32H18K2N10Na4O12. The molecule has 0 fully saturated rings. The SMILES string of the molecule is Cc1nc(Nc2cc(C(=O)[O-])cc(C(=O)[O-])c2)nc(Nc2cc(C(=O)[O-])c(Nc3nc(C)nc(Nc4cc(C(=O)[O-])cc(C(=O)[O-])c4)n3)cc2C(=O)[O-])n1.[K+].[K+].[Na+].[Na+].[Na+].[Na+]. The summed E-state index contributed by atoms with van der Waals surface area (Å²) in [6.45, 7) is 2.79. The molecule has 0 spiro atoms. The second-order valence-electron chi connectivity index (χ2n) is 10.8. The first kappa shape index (κ1) is 61.1. The Labute approximate surface area is 511 Å². The molecule has 2 aromatic heterocycles. The van der Waals surface area contributed by atoms with Gasteiger partial charge in [0, 0.05) is 22.5 Å². The van der Waals surface area contributed by atoms with Crippen molar-refractivity contribution in [2.24, 2.45) is 0 Å². The van der Waals surface area contributed by atoms with E-state index in [-0.39, 0.29) is 268 Å². The molecular weight excluding hydrogens is 887 g/mol. The average molecular weight is 905 g/mol. The summed E-state index contributed by atoms with van der Waals surface area (Å²) in [5, 5.41) is 80.3. The van der Waals surface area contributed by atoms with E-state index >= 15 is 0 Å². The molecule has 0 bridgehead atoms. The van der Waals surface area contributed by atoms with Crippen molar-refractivity contribution in [2.75, 3.05) is 21.3 Å². The third kappa shape index (κ3) is 16.8. The fourth-order valence-electron chi connectivity index (χ4n) is 4.70. The molecule has 0 atom stereocenters. The first-order valence-corrected chi connectivity index (χ1v) is 14.8. The van der Waals surface area contributed by atoms with Crippen LogP contribution in [-0.2, 0) is 0 Å². The summed E-state index contributed by atoms with van der Waals surface area (Å²) >= 11 is 0. The third-order valence-corrected chi connectivity index (χ3v) is 6.91. The van der Waals surface area contributed by atoms with E-state index in [1.165, 1.54) is 13.8 Å². The van der Waals surface area contributed by atoms with Gasteiger partial charge in [-0.2, -0.15) is 29.9 Å². The number of carbonyl (C=O) groups is 6. The van der Waals surface area contributed by atoms with Gasteiger partial charge in [-0.05, 0) is 84.6 Å². The number of carboxylic acids is 6. The fraction of sp³-hybridized carbons (Fsp3) is 0.0625. The maximum Gasteiger partial charge on any atom is 1.00 e. The summed E-state index contributed by atoms with van der Waals surface area (Å²) in [7, 11) is 0. The van der Waals surface area contributed by atoms with Gasteiger partial charge < -0.3 is 80.7 Å². The average Bonchev–Trinajstić information content (AvgIpc) is 3.07. The van der Waals surface area contributed by atoms with Gasteiger partial charge in [-0.3, -0.25) is 0 Å². The first-order chi connectivity index (χ1) is 25.4. The molecule has 274 valence electrons. The zero-order chi connectivity index (χ0) is 39.4. The monoisotopic (exact) mass is 904 g/mol. The standard InChI is InChI=1S/C32H24N10O12.2K.4Na/c1-11-33-29(37-17-5-13(23(43)44)3-14(6-17)24(45)46)41-31(35-11)39-21-9-20(28(53)54)22(10-19(21)27(51)52)40-32-36-12(2)34-30(42-32)38-18-7-15(25(47)48)4-16(8-18)26(49)50;;;;;;/h3-10H,1-2H3,(H,43,44)(H,45,46)(H,47,48)(H,49,50)(H,51,52)(H,53,54)(H2,33,35,37,39,41)(H2,34,36,38,40,42);;;;;;/q;6*+1/p-6. The summed E-state index contributed by atoms with van der Waals surface area (Å²) in [6, 6.07) is 7.39. The zero-order valence-corrected chi connectivity index (χ0v) is 47.4. The van der Waals surface area contributed by atoms with Crippen molar-refractivity contribution in [3.63, 3.8) is 0 Å². The Morgan fingerprint density at radius 1 is 0.383 bits per heavy atom. The number of benzene rings is 3. The Hall–Kier alpha value is -1.03. The number of carboxylic acid groups (broad SMARTS) is 6. The smallest absolute Gasteiger partial charge is 0.545 e. The number of rotatable bonds is 14. The molecule has 0 radical (unpaired) electrons. The Kier molecular flexibility index (Phi) is 27.8. The number of nitrogens with one attached hydrogen (secondary N) is 4. The quantitative estimate of drug-likeness (QED) is 0.0752. The van der Waals surface area contributed by atoms with Crippen LogP contribution < -0.4 is 273 Å². The summed E-state index contributed by atoms with van der Waals surface area (Å²) < 4.78 is 0. The van der Waals surface area contributed by atoms with Gasteiger partial charge in [-0.25, -0.2) is 0 Å². The van der Waals surface area contributed by atoms with Crippen LogP contribution in [0.25, 0.3) is 0 Å². The largest absolute Gasteiger partial charge is 1.00 e. The second-order valence-corrected chi connectivity index (χ2v) is 10.8. The van der Waals surface area contributed by atoms with Crippen LogP contribution in [0.3, 0.4) is 0 Å². The normalized spacial score (nSPS) is 9.50. The molecule has 0 aliphatic rings. The summed E-state index contributed by atoms with van der Waals surface area (Å²) in [5.74, 6) is -11.6. The van der Waals surface area contributed by atoms with Crippen molar-refractivity contribution in [3.8, 4) is 0 Å². The summed E-state index contributed by atoms with van der Waals surface area (Å²) in [4.78, 5) is 94.2. The Bertz CT molecular complexity index is 2220.